The molecule has 1 rings (SSSR count). The summed E-state index contributed by atoms with van der Waals surface area (Å²) in [6, 6.07) is 7.40. The van der Waals surface area contributed by atoms with E-state index in [-0.39, 0.29) is 17.9 Å². The molecule has 0 radical (unpaired) electrons. The standard InChI is InChI=1S/C25H34FN5O.C2H6/c1-6-22(18-31(5)8-3)29-15-13-24(32)23(27)17-20-10-9-11-21(16-20)25(28-7-2)30-14-12-19(4)26;1-2/h6-7,9-11,13,15-16,18-19,27,29H,1,8,12,14,17H2,2-5H3;1-2H3/b15-13-,22-18+,27-23?,28-7?,30-25?;. The minimum atomic E-state index is -0.920. The molecule has 0 bridgehead atoms. The van der Waals surface area contributed by atoms with E-state index in [4.69, 9.17) is 5.41 Å². The van der Waals surface area contributed by atoms with Crippen molar-refractivity contribution in [1.82, 2.24) is 10.2 Å². The molecule has 1 atom stereocenters. The molecule has 0 aliphatic heterocycles. The number of aliphatic imine (C=N–C) groups is 2. The van der Waals surface area contributed by atoms with Gasteiger partial charge in [0.05, 0.1) is 17.6 Å². The quantitative estimate of drug-likeness (QED) is 0.173. The average Bonchev–Trinajstić information content (AvgIpc) is 2.83. The second-order valence-electron chi connectivity index (χ2n) is 7.22. The van der Waals surface area contributed by atoms with E-state index in [1.54, 1.807) is 19.2 Å². The van der Waals surface area contributed by atoms with Gasteiger partial charge in [0.2, 0.25) is 5.78 Å². The number of alkyl halides is 1. The first-order valence-corrected chi connectivity index (χ1v) is 11.7. The Morgan fingerprint density at radius 2 is 2.06 bits per heavy atom. The fourth-order valence-electron chi connectivity index (χ4n) is 2.58. The van der Waals surface area contributed by atoms with E-state index in [0.717, 1.165) is 23.4 Å². The van der Waals surface area contributed by atoms with Gasteiger partial charge in [-0.25, -0.2) is 9.38 Å². The van der Waals surface area contributed by atoms with Crippen LogP contribution in [0, 0.1) is 5.41 Å². The van der Waals surface area contributed by atoms with Crippen LogP contribution in [0.2, 0.25) is 0 Å². The van der Waals surface area contributed by atoms with Gasteiger partial charge in [0.1, 0.15) is 0 Å². The van der Waals surface area contributed by atoms with Crippen LogP contribution in [-0.4, -0.2) is 54.8 Å². The van der Waals surface area contributed by atoms with Crippen molar-refractivity contribution < 1.29 is 9.18 Å². The number of hydrogen-bond acceptors (Lipinski definition) is 5. The van der Waals surface area contributed by atoms with Gasteiger partial charge < -0.3 is 15.6 Å². The van der Waals surface area contributed by atoms with E-state index in [1.165, 1.54) is 19.2 Å². The second-order valence-corrected chi connectivity index (χ2v) is 7.22. The van der Waals surface area contributed by atoms with Crippen LogP contribution in [0.3, 0.4) is 0 Å². The predicted molar refractivity (Wildman–Crippen MR) is 144 cm³/mol. The molecular weight excluding hydrogens is 429 g/mol. The average molecular weight is 470 g/mol. The number of nitrogens with zero attached hydrogens (tertiary/aromatic N) is 3. The third kappa shape index (κ3) is 12.6. The van der Waals surface area contributed by atoms with E-state index in [0.29, 0.717) is 18.8 Å². The summed E-state index contributed by atoms with van der Waals surface area (Å²) >= 11 is 0. The number of allylic oxidation sites excluding steroid dienone is 2. The molecule has 2 N–H and O–H groups in total. The molecule has 1 aromatic rings. The maximum absolute atomic E-state index is 13.1. The fraction of sp³-hybridized carbons (Fsp3) is 0.407. The third-order valence-corrected chi connectivity index (χ3v) is 4.47. The first kappa shape index (κ1) is 30.7. The molecular formula is C27H40FN5O. The van der Waals surface area contributed by atoms with Gasteiger partial charge in [-0.05, 0) is 44.9 Å². The molecule has 34 heavy (non-hydrogen) atoms. The van der Waals surface area contributed by atoms with Gasteiger partial charge in [-0.1, -0.05) is 38.6 Å². The number of halogens is 1. The van der Waals surface area contributed by atoms with Crippen molar-refractivity contribution in [3.8, 4) is 0 Å². The van der Waals surface area contributed by atoms with Crippen LogP contribution in [0.1, 0.15) is 52.2 Å². The lowest BCUT2D eigenvalue weighted by atomic mass is 10.0. The van der Waals surface area contributed by atoms with Crippen LogP contribution < -0.4 is 5.32 Å². The normalized spacial score (nSPS) is 12.8. The fourth-order valence-corrected chi connectivity index (χ4v) is 2.58. The highest BCUT2D eigenvalue weighted by Crippen LogP contribution is 2.10. The molecule has 0 spiro atoms. The second kappa shape index (κ2) is 18.1. The van der Waals surface area contributed by atoms with Crippen LogP contribution in [0.25, 0.3) is 0 Å². The van der Waals surface area contributed by atoms with Crippen molar-refractivity contribution in [1.29, 1.82) is 5.41 Å². The van der Waals surface area contributed by atoms with Crippen LogP contribution in [0.4, 0.5) is 4.39 Å². The molecule has 0 aliphatic carbocycles. The molecule has 0 aromatic heterocycles. The molecule has 0 saturated carbocycles. The lowest BCUT2D eigenvalue weighted by Crippen LogP contribution is -2.16. The van der Waals surface area contributed by atoms with Gasteiger partial charge in [-0.3, -0.25) is 9.79 Å². The van der Waals surface area contributed by atoms with Crippen molar-refractivity contribution in [2.24, 2.45) is 9.98 Å². The summed E-state index contributed by atoms with van der Waals surface area (Å²) in [7, 11) is 1.94. The van der Waals surface area contributed by atoms with Gasteiger partial charge in [-0.15, -0.1) is 0 Å². The Morgan fingerprint density at radius 1 is 1.35 bits per heavy atom. The van der Waals surface area contributed by atoms with Crippen molar-refractivity contribution in [2.45, 2.75) is 53.6 Å². The highest BCUT2D eigenvalue weighted by Gasteiger charge is 2.09. The number of amidine groups is 1. The van der Waals surface area contributed by atoms with E-state index >= 15 is 0 Å². The summed E-state index contributed by atoms with van der Waals surface area (Å²) in [5.41, 5.74) is 2.29. The summed E-state index contributed by atoms with van der Waals surface area (Å²) < 4.78 is 13.1. The molecule has 1 unspecified atom stereocenters. The minimum Gasteiger partial charge on any atom is -0.379 e. The van der Waals surface area contributed by atoms with Gasteiger partial charge in [-0.2, -0.15) is 0 Å². The molecule has 7 heteroatoms. The van der Waals surface area contributed by atoms with Crippen LogP contribution >= 0.6 is 0 Å². The molecule has 186 valence electrons. The lowest BCUT2D eigenvalue weighted by molar-refractivity contribution is -0.109. The van der Waals surface area contributed by atoms with E-state index in [9.17, 15) is 9.18 Å². The Labute approximate surface area is 204 Å². The number of benzene rings is 1. The zero-order valence-electron chi connectivity index (χ0n) is 21.4. The van der Waals surface area contributed by atoms with Gasteiger partial charge in [0, 0.05) is 56.8 Å². The van der Waals surface area contributed by atoms with E-state index < -0.39 is 6.17 Å². The van der Waals surface area contributed by atoms with Gasteiger partial charge in [0.25, 0.3) is 0 Å². The monoisotopic (exact) mass is 469 g/mol. The first-order chi connectivity index (χ1) is 16.3. The van der Waals surface area contributed by atoms with Crippen LogP contribution in [0.15, 0.2) is 71.1 Å². The summed E-state index contributed by atoms with van der Waals surface area (Å²) in [6.07, 6.45) is 7.62. The summed E-state index contributed by atoms with van der Waals surface area (Å²) in [5, 5.41) is 11.1. The maximum Gasteiger partial charge on any atom is 0.201 e. The van der Waals surface area contributed by atoms with Gasteiger partial charge >= 0.3 is 0 Å². The van der Waals surface area contributed by atoms with Crippen LogP contribution in [0.5, 0.6) is 0 Å². The van der Waals surface area contributed by atoms with E-state index in [2.05, 4.69) is 21.9 Å². The highest BCUT2D eigenvalue weighted by molar-refractivity contribution is 6.43. The third-order valence-electron chi connectivity index (χ3n) is 4.47. The van der Waals surface area contributed by atoms with Crippen LogP contribution in [-0.2, 0) is 11.2 Å². The van der Waals surface area contributed by atoms with Crippen molar-refractivity contribution >= 4 is 23.5 Å². The molecule has 0 fully saturated rings. The molecule has 1 aromatic carbocycles. The van der Waals surface area contributed by atoms with Crippen molar-refractivity contribution in [2.75, 3.05) is 20.1 Å². The number of carbonyl (C=O) groups excluding carboxylic acids is 1. The predicted octanol–water partition coefficient (Wildman–Crippen LogP) is 5.51. The Kier molecular flexibility index (Phi) is 16.3. The minimum absolute atomic E-state index is 0.0289. The van der Waals surface area contributed by atoms with Crippen molar-refractivity contribution in [3.05, 3.63) is 72.2 Å². The molecule has 0 amide bonds. The Morgan fingerprint density at radius 3 is 2.65 bits per heavy atom. The van der Waals surface area contributed by atoms with E-state index in [1.807, 2.05) is 63.2 Å². The number of ketones is 1. The number of nitrogens with one attached hydrogen (secondary N) is 2. The number of carbonyl (C=O) groups is 1. The maximum atomic E-state index is 13.1. The zero-order valence-corrected chi connectivity index (χ0v) is 21.4. The largest absolute Gasteiger partial charge is 0.379 e. The first-order valence-electron chi connectivity index (χ1n) is 11.7. The molecule has 0 heterocycles. The SMILES string of the molecule is C=C/C(=C\N(C)CC)N/C=C\C(=O)C(=N)Cc1cccc(C(N=CC)=NCCC(C)F)c1.CC. The molecule has 0 saturated heterocycles. The molecule has 0 aliphatic rings. The number of hydrogen-bond donors (Lipinski definition) is 2. The topological polar surface area (TPSA) is 80.9 Å². The van der Waals surface area contributed by atoms with Crippen molar-refractivity contribution in [3.63, 3.8) is 0 Å². The highest BCUT2D eigenvalue weighted by atomic mass is 19.1. The lowest BCUT2D eigenvalue weighted by Gasteiger charge is -2.12. The summed E-state index contributed by atoms with van der Waals surface area (Å²) in [6.45, 7) is 14.3. The summed E-state index contributed by atoms with van der Waals surface area (Å²) in [4.78, 5) is 23.0. The van der Waals surface area contributed by atoms with Gasteiger partial charge in [0.15, 0.2) is 5.84 Å². The smallest absolute Gasteiger partial charge is 0.201 e. The Bertz CT molecular complexity index is 900. The Hall–Kier alpha value is -3.35. The summed E-state index contributed by atoms with van der Waals surface area (Å²) in [5.74, 6) is 0.130. The Balaban J connectivity index is 0.00000529. The zero-order chi connectivity index (χ0) is 25.9. The molecule has 6 nitrogen and oxygen atoms in total. The number of rotatable bonds is 13.